The fourth-order valence-corrected chi connectivity index (χ4v) is 2.60. The van der Waals surface area contributed by atoms with Crippen molar-refractivity contribution >= 4 is 11.6 Å². The summed E-state index contributed by atoms with van der Waals surface area (Å²) in [5.41, 5.74) is 7.96. The summed E-state index contributed by atoms with van der Waals surface area (Å²) < 4.78 is 0. The smallest absolute Gasteiger partial charge is 0.236 e. The van der Waals surface area contributed by atoms with E-state index in [1.54, 1.807) is 0 Å². The van der Waals surface area contributed by atoms with Gasteiger partial charge in [-0.15, -0.1) is 0 Å². The zero-order valence-corrected chi connectivity index (χ0v) is 12.1. The quantitative estimate of drug-likeness (QED) is 0.805. The summed E-state index contributed by atoms with van der Waals surface area (Å²) in [6.45, 7) is 1.30. The standard InChI is InChI=1S/C16H23N3O/c1-18(13-6-7-13)16(20)11-19(14-8-9-14)10-12-4-2-3-5-15(12)17/h2-5,13-14H,6-11,17H2,1H3. The zero-order chi connectivity index (χ0) is 14.1. The Hall–Kier alpha value is -1.55. The van der Waals surface area contributed by atoms with Crippen molar-refractivity contribution in [3.05, 3.63) is 29.8 Å². The van der Waals surface area contributed by atoms with Gasteiger partial charge in [0, 0.05) is 31.4 Å². The van der Waals surface area contributed by atoms with Crippen LogP contribution in [0.4, 0.5) is 5.69 Å². The van der Waals surface area contributed by atoms with Crippen LogP contribution in [0.15, 0.2) is 24.3 Å². The number of amides is 1. The highest BCUT2D eigenvalue weighted by Crippen LogP contribution is 2.30. The maximum absolute atomic E-state index is 12.3. The molecule has 4 nitrogen and oxygen atoms in total. The van der Waals surface area contributed by atoms with E-state index >= 15 is 0 Å². The van der Waals surface area contributed by atoms with Gasteiger partial charge in [0.15, 0.2) is 0 Å². The summed E-state index contributed by atoms with van der Waals surface area (Å²) in [4.78, 5) is 16.5. The van der Waals surface area contributed by atoms with Gasteiger partial charge in [0.2, 0.25) is 5.91 Å². The average molecular weight is 273 g/mol. The van der Waals surface area contributed by atoms with E-state index in [-0.39, 0.29) is 5.91 Å². The van der Waals surface area contributed by atoms with E-state index in [2.05, 4.69) is 11.0 Å². The Bertz CT molecular complexity index is 494. The van der Waals surface area contributed by atoms with Gasteiger partial charge in [-0.25, -0.2) is 0 Å². The number of benzene rings is 1. The van der Waals surface area contributed by atoms with Gasteiger partial charge in [-0.1, -0.05) is 18.2 Å². The second kappa shape index (κ2) is 5.44. The molecule has 2 aliphatic rings. The van der Waals surface area contributed by atoms with E-state index in [1.807, 2.05) is 30.1 Å². The van der Waals surface area contributed by atoms with E-state index in [0.717, 1.165) is 30.6 Å². The fraction of sp³-hybridized carbons (Fsp3) is 0.562. The molecule has 1 aromatic rings. The molecule has 2 N–H and O–H groups in total. The van der Waals surface area contributed by atoms with Crippen molar-refractivity contribution in [1.29, 1.82) is 0 Å². The van der Waals surface area contributed by atoms with Gasteiger partial charge in [-0.3, -0.25) is 9.69 Å². The summed E-state index contributed by atoms with van der Waals surface area (Å²) in [5.74, 6) is 0.244. The van der Waals surface area contributed by atoms with Gasteiger partial charge < -0.3 is 10.6 Å². The maximum Gasteiger partial charge on any atom is 0.236 e. The minimum atomic E-state index is 0.244. The molecule has 4 heteroatoms. The Morgan fingerprint density at radius 1 is 1.20 bits per heavy atom. The van der Waals surface area contributed by atoms with Crippen LogP contribution < -0.4 is 5.73 Å². The summed E-state index contributed by atoms with van der Waals surface area (Å²) in [6.07, 6.45) is 4.73. The highest BCUT2D eigenvalue weighted by molar-refractivity contribution is 5.78. The third-order valence-corrected chi connectivity index (χ3v) is 4.32. The average Bonchev–Trinajstić information content (AvgIpc) is 3.30. The van der Waals surface area contributed by atoms with Crippen molar-refractivity contribution in [3.8, 4) is 0 Å². The van der Waals surface area contributed by atoms with Crippen molar-refractivity contribution in [2.75, 3.05) is 19.3 Å². The van der Waals surface area contributed by atoms with Crippen LogP contribution in [0.2, 0.25) is 0 Å². The number of nitrogens with zero attached hydrogens (tertiary/aromatic N) is 2. The van der Waals surface area contributed by atoms with E-state index in [9.17, 15) is 4.79 Å². The Morgan fingerprint density at radius 2 is 1.85 bits per heavy atom. The highest BCUT2D eigenvalue weighted by Gasteiger charge is 2.34. The molecule has 2 aliphatic carbocycles. The number of hydrogen-bond donors (Lipinski definition) is 1. The number of likely N-dealkylation sites (N-methyl/N-ethyl adjacent to an activating group) is 1. The third kappa shape index (κ3) is 3.12. The first-order valence-corrected chi connectivity index (χ1v) is 7.48. The van der Waals surface area contributed by atoms with E-state index in [0.29, 0.717) is 18.6 Å². The molecule has 0 aromatic heterocycles. The predicted molar refractivity (Wildman–Crippen MR) is 80.1 cm³/mol. The van der Waals surface area contributed by atoms with Crippen LogP contribution in [0.5, 0.6) is 0 Å². The fourth-order valence-electron chi connectivity index (χ4n) is 2.60. The van der Waals surface area contributed by atoms with Gasteiger partial charge in [-0.2, -0.15) is 0 Å². The van der Waals surface area contributed by atoms with Crippen molar-refractivity contribution < 1.29 is 4.79 Å². The monoisotopic (exact) mass is 273 g/mol. The van der Waals surface area contributed by atoms with Gasteiger partial charge in [0.1, 0.15) is 0 Å². The lowest BCUT2D eigenvalue weighted by atomic mass is 10.1. The van der Waals surface area contributed by atoms with Gasteiger partial charge in [0.25, 0.3) is 0 Å². The molecule has 2 fully saturated rings. The van der Waals surface area contributed by atoms with E-state index < -0.39 is 0 Å². The summed E-state index contributed by atoms with van der Waals surface area (Å²) in [7, 11) is 1.93. The number of nitrogens with two attached hydrogens (primary N) is 1. The molecule has 1 amide bonds. The van der Waals surface area contributed by atoms with Crippen molar-refractivity contribution in [3.63, 3.8) is 0 Å². The Kier molecular flexibility index (Phi) is 3.66. The first-order valence-electron chi connectivity index (χ1n) is 7.48. The molecule has 0 radical (unpaired) electrons. The molecule has 3 rings (SSSR count). The Morgan fingerprint density at radius 3 is 2.45 bits per heavy atom. The molecule has 0 unspecified atom stereocenters. The molecule has 2 saturated carbocycles. The van der Waals surface area contributed by atoms with Crippen LogP contribution in [0, 0.1) is 0 Å². The van der Waals surface area contributed by atoms with Crippen LogP contribution in [-0.2, 0) is 11.3 Å². The van der Waals surface area contributed by atoms with Crippen LogP contribution >= 0.6 is 0 Å². The topological polar surface area (TPSA) is 49.6 Å². The molecule has 0 aliphatic heterocycles. The zero-order valence-electron chi connectivity index (χ0n) is 12.1. The molecule has 1 aromatic carbocycles. The normalized spacial score (nSPS) is 18.3. The second-order valence-corrected chi connectivity index (χ2v) is 6.07. The van der Waals surface area contributed by atoms with Crippen molar-refractivity contribution in [1.82, 2.24) is 9.80 Å². The van der Waals surface area contributed by atoms with E-state index in [4.69, 9.17) is 5.73 Å². The number of nitrogen functional groups attached to an aromatic ring is 1. The summed E-state index contributed by atoms with van der Waals surface area (Å²) >= 11 is 0. The molecular weight excluding hydrogens is 250 g/mol. The minimum Gasteiger partial charge on any atom is -0.398 e. The lowest BCUT2D eigenvalue weighted by molar-refractivity contribution is -0.131. The number of carbonyl (C=O) groups is 1. The summed E-state index contributed by atoms with van der Waals surface area (Å²) in [6, 6.07) is 9.00. The number of carbonyl (C=O) groups excluding carboxylic acids is 1. The number of anilines is 1. The number of hydrogen-bond acceptors (Lipinski definition) is 3. The van der Waals surface area contributed by atoms with Crippen LogP contribution in [-0.4, -0.2) is 41.4 Å². The first kappa shape index (κ1) is 13.4. The van der Waals surface area contributed by atoms with Crippen molar-refractivity contribution in [2.45, 2.75) is 44.3 Å². The SMILES string of the molecule is CN(C(=O)CN(Cc1ccccc1N)C1CC1)C1CC1. The molecule has 0 spiro atoms. The molecular formula is C16H23N3O. The second-order valence-electron chi connectivity index (χ2n) is 6.07. The molecule has 20 heavy (non-hydrogen) atoms. The third-order valence-electron chi connectivity index (χ3n) is 4.32. The van der Waals surface area contributed by atoms with E-state index in [1.165, 1.54) is 12.8 Å². The summed E-state index contributed by atoms with van der Waals surface area (Å²) in [5, 5.41) is 0. The van der Waals surface area contributed by atoms with Gasteiger partial charge >= 0.3 is 0 Å². The lowest BCUT2D eigenvalue weighted by Crippen LogP contribution is -2.40. The Balaban J connectivity index is 1.64. The lowest BCUT2D eigenvalue weighted by Gasteiger charge is -2.25. The van der Waals surface area contributed by atoms with Gasteiger partial charge in [-0.05, 0) is 37.3 Å². The van der Waals surface area contributed by atoms with Crippen LogP contribution in [0.25, 0.3) is 0 Å². The molecule has 0 atom stereocenters. The molecule has 0 bridgehead atoms. The predicted octanol–water partition coefficient (Wildman–Crippen LogP) is 1.85. The van der Waals surface area contributed by atoms with Gasteiger partial charge in [0.05, 0.1) is 6.54 Å². The largest absolute Gasteiger partial charge is 0.398 e. The molecule has 0 heterocycles. The maximum atomic E-state index is 12.3. The number of rotatable bonds is 6. The molecule has 0 saturated heterocycles. The van der Waals surface area contributed by atoms with Crippen LogP contribution in [0.3, 0.4) is 0 Å². The first-order chi connectivity index (χ1) is 9.65. The highest BCUT2D eigenvalue weighted by atomic mass is 16.2. The van der Waals surface area contributed by atoms with Crippen LogP contribution in [0.1, 0.15) is 31.2 Å². The minimum absolute atomic E-state index is 0.244. The number of para-hydroxylation sites is 1. The molecule has 108 valence electrons. The van der Waals surface area contributed by atoms with Crippen molar-refractivity contribution in [2.24, 2.45) is 0 Å². The Labute approximate surface area is 120 Å².